The van der Waals surface area contributed by atoms with Gasteiger partial charge in [0.15, 0.2) is 0 Å². The van der Waals surface area contributed by atoms with Crippen LogP contribution in [0.1, 0.15) is 0 Å². The maximum atomic E-state index is 10.5. The number of carboxylic acids is 1. The van der Waals surface area contributed by atoms with Crippen molar-refractivity contribution < 1.29 is 24.1 Å². The van der Waals surface area contributed by atoms with Gasteiger partial charge in [0.25, 0.3) is 0 Å². The number of benzene rings is 1. The third kappa shape index (κ3) is 3.71. The van der Waals surface area contributed by atoms with Gasteiger partial charge in [-0.2, -0.15) is 0 Å². The van der Waals surface area contributed by atoms with Crippen LogP contribution >= 0.6 is 0 Å². The van der Waals surface area contributed by atoms with E-state index in [0.717, 1.165) is 0 Å². The Morgan fingerprint density at radius 1 is 1.18 bits per heavy atom. The average molecular weight is 238 g/mol. The molecular weight excluding hydrogens is 224 g/mol. The Morgan fingerprint density at radius 3 is 2.06 bits per heavy atom. The van der Waals surface area contributed by atoms with Gasteiger partial charge in [0.05, 0.1) is 19.8 Å². The number of ether oxygens (including phenoxy) is 3. The van der Waals surface area contributed by atoms with Gasteiger partial charge in [-0.15, -0.1) is 0 Å². The van der Waals surface area contributed by atoms with Gasteiger partial charge in [0.1, 0.15) is 23.9 Å². The number of carbonyl (C=O) groups is 1. The lowest BCUT2D eigenvalue weighted by atomic mass is 10.3. The molecule has 0 fully saturated rings. The predicted octanol–water partition coefficient (Wildman–Crippen LogP) is 1.72. The van der Waals surface area contributed by atoms with Crippen molar-refractivity contribution in [3.05, 3.63) is 30.4 Å². The van der Waals surface area contributed by atoms with Crippen molar-refractivity contribution in [2.75, 3.05) is 20.8 Å². The summed E-state index contributed by atoms with van der Waals surface area (Å²) in [4.78, 5) is 10.5. The molecule has 5 heteroatoms. The van der Waals surface area contributed by atoms with E-state index in [9.17, 15) is 4.79 Å². The average Bonchev–Trinajstić information content (AvgIpc) is 2.35. The van der Waals surface area contributed by atoms with Crippen molar-refractivity contribution in [3.8, 4) is 17.2 Å². The van der Waals surface area contributed by atoms with Crippen LogP contribution in [0.15, 0.2) is 30.4 Å². The minimum Gasteiger partial charge on any atom is -0.496 e. The Morgan fingerprint density at radius 2 is 1.65 bits per heavy atom. The van der Waals surface area contributed by atoms with Gasteiger partial charge in [-0.1, -0.05) is 6.58 Å². The third-order valence-electron chi connectivity index (χ3n) is 2.04. The highest BCUT2D eigenvalue weighted by atomic mass is 16.5. The van der Waals surface area contributed by atoms with Crippen LogP contribution in [0, 0.1) is 0 Å². The van der Waals surface area contributed by atoms with Crippen molar-refractivity contribution in [2.45, 2.75) is 0 Å². The Balaban J connectivity index is 2.76. The van der Waals surface area contributed by atoms with Crippen LogP contribution in [0.2, 0.25) is 0 Å². The van der Waals surface area contributed by atoms with E-state index in [-0.39, 0.29) is 12.2 Å². The molecule has 1 rings (SSSR count). The molecule has 0 unspecified atom stereocenters. The van der Waals surface area contributed by atoms with E-state index in [4.69, 9.17) is 19.3 Å². The molecule has 5 nitrogen and oxygen atoms in total. The zero-order valence-electron chi connectivity index (χ0n) is 9.73. The summed E-state index contributed by atoms with van der Waals surface area (Å²) in [5, 5.41) is 8.63. The van der Waals surface area contributed by atoms with E-state index in [1.165, 1.54) is 14.2 Å². The molecule has 92 valence electrons. The zero-order chi connectivity index (χ0) is 12.8. The molecule has 0 spiro atoms. The molecule has 1 aromatic rings. The Bertz CT molecular complexity index is 403. The molecule has 0 aliphatic carbocycles. The summed E-state index contributed by atoms with van der Waals surface area (Å²) in [6.45, 7) is 3.28. The molecule has 0 bridgehead atoms. The molecule has 17 heavy (non-hydrogen) atoms. The maximum Gasteiger partial charge on any atom is 0.334 e. The van der Waals surface area contributed by atoms with Crippen molar-refractivity contribution >= 4 is 5.97 Å². The quantitative estimate of drug-likeness (QED) is 0.764. The summed E-state index contributed by atoms with van der Waals surface area (Å²) in [6.07, 6.45) is 0. The van der Waals surface area contributed by atoms with Crippen molar-refractivity contribution in [3.63, 3.8) is 0 Å². The molecule has 0 aliphatic heterocycles. The molecule has 0 aliphatic rings. The topological polar surface area (TPSA) is 65.0 Å². The monoisotopic (exact) mass is 238 g/mol. The molecular formula is C12H14O5. The van der Waals surface area contributed by atoms with Crippen LogP contribution in [0.3, 0.4) is 0 Å². The van der Waals surface area contributed by atoms with Crippen molar-refractivity contribution in [1.82, 2.24) is 0 Å². The number of hydrogen-bond acceptors (Lipinski definition) is 4. The zero-order valence-corrected chi connectivity index (χ0v) is 9.73. The molecule has 0 amide bonds. The molecule has 1 N–H and O–H groups in total. The first-order chi connectivity index (χ1) is 8.06. The fraction of sp³-hybridized carbons (Fsp3) is 0.250. The van der Waals surface area contributed by atoms with Crippen LogP contribution in [0.4, 0.5) is 0 Å². The van der Waals surface area contributed by atoms with Gasteiger partial charge in [-0.05, 0) is 0 Å². The van der Waals surface area contributed by atoms with E-state index in [2.05, 4.69) is 6.58 Å². The van der Waals surface area contributed by atoms with Crippen LogP contribution in [0.5, 0.6) is 17.2 Å². The molecule has 0 atom stereocenters. The Hall–Kier alpha value is -2.17. The Kier molecular flexibility index (Phi) is 4.39. The van der Waals surface area contributed by atoms with Gasteiger partial charge < -0.3 is 19.3 Å². The van der Waals surface area contributed by atoms with Crippen LogP contribution in [-0.2, 0) is 4.79 Å². The SMILES string of the molecule is C=C(COc1cc(OC)cc(OC)c1)C(=O)O. The van der Waals surface area contributed by atoms with E-state index in [1.807, 2.05) is 0 Å². The second-order valence-corrected chi connectivity index (χ2v) is 3.25. The van der Waals surface area contributed by atoms with Gasteiger partial charge in [-0.3, -0.25) is 0 Å². The smallest absolute Gasteiger partial charge is 0.334 e. The van der Waals surface area contributed by atoms with Gasteiger partial charge >= 0.3 is 5.97 Å². The lowest BCUT2D eigenvalue weighted by molar-refractivity contribution is -0.133. The summed E-state index contributed by atoms with van der Waals surface area (Å²) < 4.78 is 15.4. The number of rotatable bonds is 6. The summed E-state index contributed by atoms with van der Waals surface area (Å²) >= 11 is 0. The minimum absolute atomic E-state index is 0.0215. The number of hydrogen-bond donors (Lipinski definition) is 1. The predicted molar refractivity (Wildman–Crippen MR) is 61.8 cm³/mol. The highest BCUT2D eigenvalue weighted by Gasteiger charge is 2.07. The Labute approximate surface area is 99.2 Å². The molecule has 0 heterocycles. The molecule has 0 saturated carbocycles. The van der Waals surface area contributed by atoms with E-state index in [1.54, 1.807) is 18.2 Å². The van der Waals surface area contributed by atoms with Crippen LogP contribution in [0.25, 0.3) is 0 Å². The first kappa shape index (κ1) is 12.9. The van der Waals surface area contributed by atoms with Crippen LogP contribution < -0.4 is 14.2 Å². The van der Waals surface area contributed by atoms with E-state index >= 15 is 0 Å². The molecule has 1 aromatic carbocycles. The number of methoxy groups -OCH3 is 2. The number of aliphatic carboxylic acids is 1. The van der Waals surface area contributed by atoms with Gasteiger partial charge in [-0.25, -0.2) is 4.79 Å². The summed E-state index contributed by atoms with van der Waals surface area (Å²) in [6, 6.07) is 4.97. The molecule has 0 radical (unpaired) electrons. The highest BCUT2D eigenvalue weighted by Crippen LogP contribution is 2.27. The normalized spacial score (nSPS) is 9.53. The summed E-state index contributed by atoms with van der Waals surface area (Å²) in [5.41, 5.74) is -0.0215. The second-order valence-electron chi connectivity index (χ2n) is 3.25. The summed E-state index contributed by atoms with van der Waals surface area (Å²) in [5.74, 6) is 0.518. The van der Waals surface area contributed by atoms with Crippen molar-refractivity contribution in [2.24, 2.45) is 0 Å². The first-order valence-electron chi connectivity index (χ1n) is 4.83. The fourth-order valence-electron chi connectivity index (χ4n) is 1.10. The standard InChI is InChI=1S/C12H14O5/c1-8(12(13)14)7-17-11-5-9(15-2)4-10(6-11)16-3/h4-6H,1,7H2,2-3H3,(H,13,14). The van der Waals surface area contributed by atoms with Gasteiger partial charge in [0, 0.05) is 18.2 Å². The number of carboxylic acid groups (broad SMARTS) is 1. The van der Waals surface area contributed by atoms with E-state index < -0.39 is 5.97 Å². The molecule has 0 aromatic heterocycles. The second kappa shape index (κ2) is 5.79. The lowest BCUT2D eigenvalue weighted by Gasteiger charge is -2.10. The molecule has 0 saturated heterocycles. The fourth-order valence-corrected chi connectivity index (χ4v) is 1.10. The third-order valence-corrected chi connectivity index (χ3v) is 2.04. The van der Waals surface area contributed by atoms with Crippen LogP contribution in [-0.4, -0.2) is 31.9 Å². The summed E-state index contributed by atoms with van der Waals surface area (Å²) in [7, 11) is 3.05. The lowest BCUT2D eigenvalue weighted by Crippen LogP contribution is -2.08. The first-order valence-corrected chi connectivity index (χ1v) is 4.83. The minimum atomic E-state index is -1.08. The van der Waals surface area contributed by atoms with Gasteiger partial charge in [0.2, 0.25) is 0 Å². The largest absolute Gasteiger partial charge is 0.496 e. The highest BCUT2D eigenvalue weighted by molar-refractivity contribution is 5.86. The van der Waals surface area contributed by atoms with E-state index in [0.29, 0.717) is 17.2 Å². The van der Waals surface area contributed by atoms with Crippen molar-refractivity contribution in [1.29, 1.82) is 0 Å². The maximum absolute atomic E-state index is 10.5.